The van der Waals surface area contributed by atoms with Gasteiger partial charge in [0.25, 0.3) is 0 Å². The standard InChI is InChI=1S/C15H18/c1-2-13-9-11-15(12-10-13)14-7-5-3-4-6-8-14/h3-7,9,11H,2,8,10,12H2,1H3. The molecule has 0 aliphatic heterocycles. The highest BCUT2D eigenvalue weighted by Crippen LogP contribution is 2.28. The van der Waals surface area contributed by atoms with Crippen LogP contribution in [0.25, 0.3) is 0 Å². The lowest BCUT2D eigenvalue weighted by Gasteiger charge is -2.15. The Hall–Kier alpha value is -1.30. The maximum atomic E-state index is 2.31. The van der Waals surface area contributed by atoms with E-state index in [1.807, 2.05) is 0 Å². The molecule has 15 heavy (non-hydrogen) atoms. The number of hydrogen-bond acceptors (Lipinski definition) is 0. The molecule has 78 valence electrons. The minimum absolute atomic E-state index is 1.08. The molecule has 2 rings (SSSR count). The van der Waals surface area contributed by atoms with Gasteiger partial charge in [0.15, 0.2) is 0 Å². The number of rotatable bonds is 2. The molecule has 0 heteroatoms. The maximum Gasteiger partial charge on any atom is -0.00916 e. The van der Waals surface area contributed by atoms with Crippen molar-refractivity contribution in [1.82, 2.24) is 0 Å². The van der Waals surface area contributed by atoms with Crippen LogP contribution in [0.1, 0.15) is 32.6 Å². The van der Waals surface area contributed by atoms with E-state index in [9.17, 15) is 0 Å². The third kappa shape index (κ3) is 2.59. The first-order chi connectivity index (χ1) is 7.40. The fourth-order valence-corrected chi connectivity index (χ4v) is 2.06. The molecule has 0 saturated carbocycles. The number of allylic oxidation sites excluding steroid dienone is 10. The minimum Gasteiger partial charge on any atom is -0.0801 e. The molecule has 0 radical (unpaired) electrons. The summed E-state index contributed by atoms with van der Waals surface area (Å²) >= 11 is 0. The first-order valence-corrected chi connectivity index (χ1v) is 5.81. The van der Waals surface area contributed by atoms with E-state index < -0.39 is 0 Å². The van der Waals surface area contributed by atoms with E-state index in [4.69, 9.17) is 0 Å². The summed E-state index contributed by atoms with van der Waals surface area (Å²) in [5.41, 5.74) is 4.58. The second-order valence-corrected chi connectivity index (χ2v) is 4.08. The van der Waals surface area contributed by atoms with Crippen LogP contribution >= 0.6 is 0 Å². The predicted octanol–water partition coefficient (Wildman–Crippen LogP) is 4.49. The molecule has 0 heterocycles. The van der Waals surface area contributed by atoms with Crippen molar-refractivity contribution in [2.45, 2.75) is 32.6 Å². The van der Waals surface area contributed by atoms with Gasteiger partial charge in [0.2, 0.25) is 0 Å². The third-order valence-corrected chi connectivity index (χ3v) is 3.10. The molecule has 0 spiro atoms. The van der Waals surface area contributed by atoms with Gasteiger partial charge in [-0.1, -0.05) is 55.0 Å². The summed E-state index contributed by atoms with van der Waals surface area (Å²) < 4.78 is 0. The van der Waals surface area contributed by atoms with Gasteiger partial charge in [-0.2, -0.15) is 0 Å². The van der Waals surface area contributed by atoms with E-state index in [1.165, 1.54) is 30.4 Å². The van der Waals surface area contributed by atoms with Crippen molar-refractivity contribution in [3.05, 3.63) is 59.3 Å². The molecule has 0 nitrogen and oxygen atoms in total. The smallest absolute Gasteiger partial charge is 0.00916 e. The lowest BCUT2D eigenvalue weighted by Crippen LogP contribution is -1.95. The molecule has 0 saturated heterocycles. The highest BCUT2D eigenvalue weighted by Gasteiger charge is 2.08. The summed E-state index contributed by atoms with van der Waals surface area (Å²) in [5, 5.41) is 0. The molecule has 0 bridgehead atoms. The van der Waals surface area contributed by atoms with Crippen LogP contribution in [-0.4, -0.2) is 0 Å². The average Bonchev–Trinajstić information content (AvgIpc) is 2.58. The fourth-order valence-electron chi connectivity index (χ4n) is 2.06. The lowest BCUT2D eigenvalue weighted by molar-refractivity contribution is 0.857. The van der Waals surface area contributed by atoms with Crippen LogP contribution in [0, 0.1) is 0 Å². The highest BCUT2D eigenvalue weighted by atomic mass is 14.1. The second kappa shape index (κ2) is 4.97. The van der Waals surface area contributed by atoms with Crippen LogP contribution in [-0.2, 0) is 0 Å². The van der Waals surface area contributed by atoms with Crippen molar-refractivity contribution in [1.29, 1.82) is 0 Å². The van der Waals surface area contributed by atoms with Crippen molar-refractivity contribution in [3.63, 3.8) is 0 Å². The fraction of sp³-hybridized carbons (Fsp3) is 0.333. The summed E-state index contributed by atoms with van der Waals surface area (Å²) in [6.07, 6.45) is 20.2. The Balaban J connectivity index is 2.15. The summed E-state index contributed by atoms with van der Waals surface area (Å²) in [7, 11) is 0. The Labute approximate surface area is 92.4 Å². The lowest BCUT2D eigenvalue weighted by atomic mass is 9.90. The van der Waals surface area contributed by atoms with Gasteiger partial charge in [0.1, 0.15) is 0 Å². The van der Waals surface area contributed by atoms with E-state index in [-0.39, 0.29) is 0 Å². The quantitative estimate of drug-likeness (QED) is 0.613. The summed E-state index contributed by atoms with van der Waals surface area (Å²) in [5.74, 6) is 0. The van der Waals surface area contributed by atoms with E-state index in [1.54, 1.807) is 5.57 Å². The van der Waals surface area contributed by atoms with E-state index in [0.717, 1.165) is 6.42 Å². The van der Waals surface area contributed by atoms with Gasteiger partial charge in [-0.15, -0.1) is 0 Å². The molecule has 2 aliphatic carbocycles. The van der Waals surface area contributed by atoms with Gasteiger partial charge >= 0.3 is 0 Å². The van der Waals surface area contributed by atoms with Crippen molar-refractivity contribution in [2.24, 2.45) is 0 Å². The summed E-state index contributed by atoms with van der Waals surface area (Å²) in [6, 6.07) is 0. The first kappa shape index (κ1) is 10.2. The van der Waals surface area contributed by atoms with Gasteiger partial charge in [0, 0.05) is 0 Å². The second-order valence-electron chi connectivity index (χ2n) is 4.08. The Kier molecular flexibility index (Phi) is 3.39. The van der Waals surface area contributed by atoms with Crippen LogP contribution in [0.3, 0.4) is 0 Å². The monoisotopic (exact) mass is 198 g/mol. The third-order valence-electron chi connectivity index (χ3n) is 3.10. The van der Waals surface area contributed by atoms with E-state index in [2.05, 4.69) is 49.5 Å². The van der Waals surface area contributed by atoms with Gasteiger partial charge in [-0.05, 0) is 36.8 Å². The van der Waals surface area contributed by atoms with Gasteiger partial charge in [-0.25, -0.2) is 0 Å². The van der Waals surface area contributed by atoms with Crippen LogP contribution in [0.5, 0.6) is 0 Å². The van der Waals surface area contributed by atoms with Crippen LogP contribution in [0.15, 0.2) is 59.3 Å². The van der Waals surface area contributed by atoms with Gasteiger partial charge in [0.05, 0.1) is 0 Å². The molecule has 0 amide bonds. The van der Waals surface area contributed by atoms with Crippen LogP contribution < -0.4 is 0 Å². The van der Waals surface area contributed by atoms with Crippen molar-refractivity contribution < 1.29 is 0 Å². The van der Waals surface area contributed by atoms with Crippen molar-refractivity contribution >= 4 is 0 Å². The average molecular weight is 198 g/mol. The molecular formula is C15H18. The Morgan fingerprint density at radius 1 is 0.933 bits per heavy atom. The maximum absolute atomic E-state index is 2.31. The number of hydrogen-bond donors (Lipinski definition) is 0. The summed E-state index contributed by atoms with van der Waals surface area (Å²) in [4.78, 5) is 0. The van der Waals surface area contributed by atoms with Gasteiger partial charge < -0.3 is 0 Å². The topological polar surface area (TPSA) is 0 Å². The Bertz CT molecular complexity index is 373. The van der Waals surface area contributed by atoms with Gasteiger partial charge in [-0.3, -0.25) is 0 Å². The molecule has 0 N–H and O–H groups in total. The largest absolute Gasteiger partial charge is 0.0801 e. The zero-order valence-corrected chi connectivity index (χ0v) is 9.37. The zero-order valence-electron chi connectivity index (χ0n) is 9.37. The first-order valence-electron chi connectivity index (χ1n) is 5.81. The molecule has 2 aliphatic rings. The van der Waals surface area contributed by atoms with Crippen LogP contribution in [0.4, 0.5) is 0 Å². The molecule has 0 aromatic heterocycles. The molecule has 0 atom stereocenters. The molecular weight excluding hydrogens is 180 g/mol. The van der Waals surface area contributed by atoms with Crippen molar-refractivity contribution in [3.8, 4) is 0 Å². The molecule has 0 aromatic carbocycles. The van der Waals surface area contributed by atoms with Crippen molar-refractivity contribution in [2.75, 3.05) is 0 Å². The van der Waals surface area contributed by atoms with E-state index in [0.29, 0.717) is 0 Å². The SMILES string of the molecule is CCC1=CC=C(C2=CC=CC=CC2)CC1. The molecule has 0 aromatic rings. The molecule has 0 fully saturated rings. The minimum atomic E-state index is 1.08. The normalized spacial score (nSPS) is 20.5. The van der Waals surface area contributed by atoms with E-state index >= 15 is 0 Å². The Morgan fingerprint density at radius 3 is 2.60 bits per heavy atom. The molecule has 0 unspecified atom stereocenters. The highest BCUT2D eigenvalue weighted by molar-refractivity contribution is 5.42. The zero-order chi connectivity index (χ0) is 10.5. The summed E-state index contributed by atoms with van der Waals surface area (Å²) in [6.45, 7) is 2.24. The predicted molar refractivity (Wildman–Crippen MR) is 66.7 cm³/mol. The van der Waals surface area contributed by atoms with Crippen LogP contribution in [0.2, 0.25) is 0 Å². The Morgan fingerprint density at radius 2 is 1.87 bits per heavy atom.